The van der Waals surface area contributed by atoms with Crippen molar-refractivity contribution in [3.63, 3.8) is 0 Å². The van der Waals surface area contributed by atoms with Crippen LogP contribution in [0.1, 0.15) is 6.92 Å². The number of allylic oxidation sites excluding steroid dienone is 2. The molecule has 0 amide bonds. The number of carbonyl (C=O) groups is 1. The van der Waals surface area contributed by atoms with E-state index in [1.807, 2.05) is 14.1 Å². The third kappa shape index (κ3) is 54.6. The molecule has 0 saturated carbocycles. The summed E-state index contributed by atoms with van der Waals surface area (Å²) in [6, 6.07) is 0. The second-order valence-electron chi connectivity index (χ2n) is 1.16. The maximum absolute atomic E-state index is 9.32. The molecule has 0 heterocycles. The molecule has 0 bridgehead atoms. The highest BCUT2D eigenvalue weighted by molar-refractivity contribution is 5.64. The zero-order valence-electron chi connectivity index (χ0n) is 5.64. The van der Waals surface area contributed by atoms with Gasteiger partial charge in [-0.15, -0.1) is 0 Å². The molecule has 0 unspecified atom stereocenters. The van der Waals surface area contributed by atoms with E-state index in [1.165, 1.54) is 6.08 Å². The van der Waals surface area contributed by atoms with E-state index >= 15 is 0 Å². The van der Waals surface area contributed by atoms with Crippen LogP contribution in [0.25, 0.3) is 0 Å². The second kappa shape index (κ2) is 16.2. The van der Waals surface area contributed by atoms with Crippen LogP contribution < -0.4 is 5.32 Å². The van der Waals surface area contributed by atoms with E-state index in [0.29, 0.717) is 0 Å². The summed E-state index contributed by atoms with van der Waals surface area (Å²) in [4.78, 5) is 9.32. The van der Waals surface area contributed by atoms with Gasteiger partial charge in [0, 0.05) is 0 Å². The molecule has 0 fully saturated rings. The molecule has 0 aliphatic carbocycles. The maximum atomic E-state index is 9.32. The van der Waals surface area contributed by atoms with Gasteiger partial charge in [-0.05, 0) is 27.1 Å². The molecule has 48 valence electrons. The summed E-state index contributed by atoms with van der Waals surface area (Å²) in [6.45, 7) is 1.80. The van der Waals surface area contributed by atoms with E-state index < -0.39 is 0 Å². The van der Waals surface area contributed by atoms with E-state index in [1.54, 1.807) is 13.0 Å². The first-order chi connectivity index (χ1) is 3.83. The largest absolute Gasteiger partial charge is 0.323 e. The lowest BCUT2D eigenvalue weighted by atomic mass is 10.6. The summed E-state index contributed by atoms with van der Waals surface area (Å²) in [5, 5.41) is 2.75. The molecular formula is C6H13NO. The minimum absolute atomic E-state index is 0.750. The van der Waals surface area contributed by atoms with Gasteiger partial charge in [0.15, 0.2) is 0 Å². The number of nitrogens with one attached hydrogen (secondary N) is 1. The molecule has 1 N–H and O–H groups in total. The van der Waals surface area contributed by atoms with E-state index in [2.05, 4.69) is 5.32 Å². The summed E-state index contributed by atoms with van der Waals surface area (Å²) in [7, 11) is 3.75. The van der Waals surface area contributed by atoms with Gasteiger partial charge in [-0.25, -0.2) is 0 Å². The average molecular weight is 115 g/mol. The van der Waals surface area contributed by atoms with Crippen molar-refractivity contribution < 1.29 is 4.79 Å². The zero-order valence-corrected chi connectivity index (χ0v) is 5.64. The van der Waals surface area contributed by atoms with Crippen LogP contribution in [0.5, 0.6) is 0 Å². The molecule has 0 spiro atoms. The van der Waals surface area contributed by atoms with Gasteiger partial charge >= 0.3 is 0 Å². The van der Waals surface area contributed by atoms with Crippen molar-refractivity contribution >= 4 is 6.29 Å². The Kier molecular flexibility index (Phi) is 21.0. The van der Waals surface area contributed by atoms with Gasteiger partial charge in [0.05, 0.1) is 0 Å². The quantitative estimate of drug-likeness (QED) is 0.400. The summed E-state index contributed by atoms with van der Waals surface area (Å²) >= 11 is 0. The fraction of sp³-hybridized carbons (Fsp3) is 0.500. The summed E-state index contributed by atoms with van der Waals surface area (Å²) < 4.78 is 0. The van der Waals surface area contributed by atoms with Gasteiger partial charge in [0.2, 0.25) is 0 Å². The lowest BCUT2D eigenvalue weighted by Gasteiger charge is -1.59. The standard InChI is InChI=1S/C4H6O.C2H7N/c1-2-3-4-5;1-3-2/h2-4H,1H3;3H,1-2H3/b3-2+;. The van der Waals surface area contributed by atoms with Crippen LogP contribution in [0, 0.1) is 0 Å². The second-order valence-corrected chi connectivity index (χ2v) is 1.16. The van der Waals surface area contributed by atoms with Crippen LogP contribution in [0.4, 0.5) is 0 Å². The molecule has 0 atom stereocenters. The highest BCUT2D eigenvalue weighted by Crippen LogP contribution is 1.55. The fourth-order valence-corrected chi connectivity index (χ4v) is 0.0786. The van der Waals surface area contributed by atoms with Crippen molar-refractivity contribution in [2.75, 3.05) is 14.1 Å². The molecule has 0 aromatic carbocycles. The highest BCUT2D eigenvalue weighted by atomic mass is 16.1. The SMILES string of the molecule is C/C=C/C=O.CNC. The maximum Gasteiger partial charge on any atom is 0.142 e. The van der Waals surface area contributed by atoms with Crippen LogP contribution >= 0.6 is 0 Å². The average Bonchev–Trinajstić information content (AvgIpc) is 1.71. The fourth-order valence-electron chi connectivity index (χ4n) is 0.0786. The van der Waals surface area contributed by atoms with Gasteiger partial charge < -0.3 is 5.32 Å². The number of hydrogen-bond acceptors (Lipinski definition) is 2. The number of rotatable bonds is 1. The molecule has 2 nitrogen and oxygen atoms in total. The lowest BCUT2D eigenvalue weighted by molar-refractivity contribution is -0.104. The Labute approximate surface area is 50.6 Å². The minimum atomic E-state index is 0.750. The highest BCUT2D eigenvalue weighted by Gasteiger charge is 1.48. The van der Waals surface area contributed by atoms with Crippen molar-refractivity contribution in [1.82, 2.24) is 5.32 Å². The Morgan fingerprint density at radius 3 is 1.75 bits per heavy atom. The van der Waals surface area contributed by atoms with Crippen LogP contribution in [0.15, 0.2) is 12.2 Å². The summed E-state index contributed by atoms with van der Waals surface area (Å²) in [5.74, 6) is 0. The van der Waals surface area contributed by atoms with Crippen molar-refractivity contribution in [2.24, 2.45) is 0 Å². The van der Waals surface area contributed by atoms with Crippen molar-refractivity contribution in [1.29, 1.82) is 0 Å². The number of carbonyl (C=O) groups excluding carboxylic acids is 1. The first-order valence-electron chi connectivity index (χ1n) is 2.48. The first kappa shape index (κ1) is 10.4. The third-order valence-corrected chi connectivity index (χ3v) is 0.271. The van der Waals surface area contributed by atoms with Crippen molar-refractivity contribution in [3.05, 3.63) is 12.2 Å². The predicted octanol–water partition coefficient (Wildman–Crippen LogP) is 0.597. The van der Waals surface area contributed by atoms with Gasteiger partial charge in [0.1, 0.15) is 6.29 Å². The predicted molar refractivity (Wildman–Crippen MR) is 35.9 cm³/mol. The summed E-state index contributed by atoms with van der Waals surface area (Å²) in [6.07, 6.45) is 3.88. The molecule has 0 saturated heterocycles. The molecular weight excluding hydrogens is 102 g/mol. The zero-order chi connectivity index (χ0) is 6.83. The molecule has 2 heteroatoms. The van der Waals surface area contributed by atoms with Crippen LogP contribution in [-0.4, -0.2) is 20.4 Å². The van der Waals surface area contributed by atoms with Crippen LogP contribution in [-0.2, 0) is 4.79 Å². The first-order valence-corrected chi connectivity index (χ1v) is 2.48. The lowest BCUT2D eigenvalue weighted by Crippen LogP contribution is -1.89. The Bertz CT molecular complexity index is 59.5. The Balaban J connectivity index is 0. The number of aldehydes is 1. The van der Waals surface area contributed by atoms with Crippen LogP contribution in [0.2, 0.25) is 0 Å². The van der Waals surface area contributed by atoms with Gasteiger partial charge in [0.25, 0.3) is 0 Å². The third-order valence-electron chi connectivity index (χ3n) is 0.271. The van der Waals surface area contributed by atoms with Crippen molar-refractivity contribution in [2.45, 2.75) is 6.92 Å². The molecule has 0 aliphatic heterocycles. The van der Waals surface area contributed by atoms with E-state index in [9.17, 15) is 4.79 Å². The molecule has 8 heavy (non-hydrogen) atoms. The van der Waals surface area contributed by atoms with E-state index in [4.69, 9.17) is 0 Å². The molecule has 0 aromatic heterocycles. The normalized spacial score (nSPS) is 7.88. The summed E-state index contributed by atoms with van der Waals surface area (Å²) in [5.41, 5.74) is 0. The molecule has 0 aliphatic rings. The Morgan fingerprint density at radius 1 is 1.38 bits per heavy atom. The van der Waals surface area contributed by atoms with Gasteiger partial charge in [-0.1, -0.05) is 6.08 Å². The number of hydrogen-bond donors (Lipinski definition) is 1. The van der Waals surface area contributed by atoms with E-state index in [-0.39, 0.29) is 0 Å². The Hall–Kier alpha value is -0.630. The van der Waals surface area contributed by atoms with E-state index in [0.717, 1.165) is 6.29 Å². The molecule has 0 aromatic rings. The molecule has 0 radical (unpaired) electrons. The molecule has 0 rings (SSSR count). The minimum Gasteiger partial charge on any atom is -0.323 e. The van der Waals surface area contributed by atoms with Crippen LogP contribution in [0.3, 0.4) is 0 Å². The van der Waals surface area contributed by atoms with Crippen molar-refractivity contribution in [3.8, 4) is 0 Å². The smallest absolute Gasteiger partial charge is 0.142 e. The van der Waals surface area contributed by atoms with Gasteiger partial charge in [-0.3, -0.25) is 4.79 Å². The van der Waals surface area contributed by atoms with Gasteiger partial charge in [-0.2, -0.15) is 0 Å². The topological polar surface area (TPSA) is 29.1 Å². The monoisotopic (exact) mass is 115 g/mol. The Morgan fingerprint density at radius 2 is 1.75 bits per heavy atom.